The topological polar surface area (TPSA) is 88.1 Å². The van der Waals surface area contributed by atoms with E-state index >= 15 is 0 Å². The van der Waals surface area contributed by atoms with E-state index in [1.165, 1.54) is 12.8 Å². The van der Waals surface area contributed by atoms with Gasteiger partial charge in [0.2, 0.25) is 5.91 Å². The number of carbonyl (C=O) groups is 2. The lowest BCUT2D eigenvalue weighted by atomic mass is 9.85. The molecule has 7 heteroatoms. The van der Waals surface area contributed by atoms with Crippen LogP contribution in [-0.2, 0) is 19.1 Å². The van der Waals surface area contributed by atoms with E-state index in [-0.39, 0.29) is 24.6 Å². The highest BCUT2D eigenvalue weighted by Gasteiger charge is 2.37. The van der Waals surface area contributed by atoms with Gasteiger partial charge in [0.15, 0.2) is 0 Å². The molecule has 1 saturated heterocycles. The minimum absolute atomic E-state index is 0.0301. The van der Waals surface area contributed by atoms with Crippen LogP contribution in [0.2, 0.25) is 0 Å². The number of nitrogens with one attached hydrogen (secondary N) is 1. The SMILES string of the molecule is O=C(O)CN(CC1CC1)C1CC(NC(=O)CCOC2CCOCC2)C1. The average Bonchev–Trinajstić information content (AvgIpc) is 3.34. The normalized spacial score (nSPS) is 27.1. The number of hydrogen-bond acceptors (Lipinski definition) is 5. The van der Waals surface area contributed by atoms with Gasteiger partial charge in [0.1, 0.15) is 0 Å². The fourth-order valence-electron chi connectivity index (χ4n) is 3.61. The van der Waals surface area contributed by atoms with Crippen molar-refractivity contribution in [3.8, 4) is 0 Å². The third-order valence-electron chi connectivity index (χ3n) is 5.37. The van der Waals surface area contributed by atoms with Crippen LogP contribution in [0.4, 0.5) is 0 Å². The summed E-state index contributed by atoms with van der Waals surface area (Å²) < 4.78 is 11.0. The van der Waals surface area contributed by atoms with E-state index in [4.69, 9.17) is 14.6 Å². The fraction of sp³-hybridized carbons (Fsp3) is 0.889. The second-order valence-corrected chi connectivity index (χ2v) is 7.59. The summed E-state index contributed by atoms with van der Waals surface area (Å²) in [6, 6.07) is 0.469. The van der Waals surface area contributed by atoms with E-state index in [2.05, 4.69) is 10.2 Å². The maximum atomic E-state index is 12.0. The molecular formula is C18H30N2O5. The Bertz CT molecular complexity index is 456. The first kappa shape index (κ1) is 18.6. The number of amides is 1. The van der Waals surface area contributed by atoms with Crippen molar-refractivity contribution in [3.05, 3.63) is 0 Å². The molecule has 1 heterocycles. The second-order valence-electron chi connectivity index (χ2n) is 7.59. The van der Waals surface area contributed by atoms with Crippen molar-refractivity contribution in [3.63, 3.8) is 0 Å². The standard InChI is InChI=1S/C18H30N2O5/c21-17(5-8-25-16-3-6-24-7-4-16)19-14-9-15(10-14)20(12-18(22)23)11-13-1-2-13/h13-16H,1-12H2,(H,19,21)(H,22,23). The summed E-state index contributed by atoms with van der Waals surface area (Å²) in [6.45, 7) is 2.94. The van der Waals surface area contributed by atoms with Crippen LogP contribution in [0.1, 0.15) is 44.9 Å². The number of carboxylic acid groups (broad SMARTS) is 1. The molecule has 3 aliphatic rings. The van der Waals surface area contributed by atoms with Gasteiger partial charge in [-0.25, -0.2) is 0 Å². The van der Waals surface area contributed by atoms with Crippen LogP contribution in [0.25, 0.3) is 0 Å². The molecule has 0 spiro atoms. The Morgan fingerprint density at radius 3 is 2.52 bits per heavy atom. The highest BCUT2D eigenvalue weighted by molar-refractivity contribution is 5.76. The van der Waals surface area contributed by atoms with Crippen molar-refractivity contribution in [2.24, 2.45) is 5.92 Å². The number of ether oxygens (including phenoxy) is 2. The Balaban J connectivity index is 1.29. The van der Waals surface area contributed by atoms with Crippen LogP contribution in [0.5, 0.6) is 0 Å². The molecule has 7 nitrogen and oxygen atoms in total. The monoisotopic (exact) mass is 354 g/mol. The van der Waals surface area contributed by atoms with Crippen molar-refractivity contribution in [2.45, 2.75) is 63.1 Å². The quantitative estimate of drug-likeness (QED) is 0.609. The lowest BCUT2D eigenvalue weighted by Crippen LogP contribution is -2.55. The van der Waals surface area contributed by atoms with Crippen molar-refractivity contribution in [2.75, 3.05) is 32.9 Å². The average molecular weight is 354 g/mol. The van der Waals surface area contributed by atoms with E-state index in [9.17, 15) is 9.59 Å². The molecule has 0 aromatic rings. The van der Waals surface area contributed by atoms with Crippen LogP contribution in [-0.4, -0.2) is 73.0 Å². The highest BCUT2D eigenvalue weighted by Crippen LogP contribution is 2.33. The van der Waals surface area contributed by atoms with Gasteiger partial charge in [-0.2, -0.15) is 0 Å². The summed E-state index contributed by atoms with van der Waals surface area (Å²) in [5, 5.41) is 12.1. The predicted molar refractivity (Wildman–Crippen MR) is 91.3 cm³/mol. The Kier molecular flexibility index (Phi) is 6.67. The molecule has 0 radical (unpaired) electrons. The zero-order valence-corrected chi connectivity index (χ0v) is 14.8. The maximum absolute atomic E-state index is 12.0. The number of nitrogens with zero attached hydrogens (tertiary/aromatic N) is 1. The van der Waals surface area contributed by atoms with Gasteiger partial charge in [-0.05, 0) is 44.4 Å². The molecule has 3 rings (SSSR count). The summed E-state index contributed by atoms with van der Waals surface area (Å²) in [5.41, 5.74) is 0. The van der Waals surface area contributed by atoms with Crippen LogP contribution in [0, 0.1) is 5.92 Å². The summed E-state index contributed by atoms with van der Waals surface area (Å²) >= 11 is 0. The number of carbonyl (C=O) groups excluding carboxylic acids is 1. The van der Waals surface area contributed by atoms with Crippen molar-refractivity contribution in [1.29, 1.82) is 0 Å². The first-order valence-corrected chi connectivity index (χ1v) is 9.54. The Hall–Kier alpha value is -1.18. The Morgan fingerprint density at radius 1 is 1.16 bits per heavy atom. The predicted octanol–water partition coefficient (Wildman–Crippen LogP) is 1.02. The van der Waals surface area contributed by atoms with Crippen LogP contribution in [0.15, 0.2) is 0 Å². The summed E-state index contributed by atoms with van der Waals surface area (Å²) in [6.07, 6.45) is 6.57. The van der Waals surface area contributed by atoms with Crippen LogP contribution >= 0.6 is 0 Å². The molecule has 0 unspecified atom stereocenters. The van der Waals surface area contributed by atoms with Gasteiger partial charge in [0.25, 0.3) is 0 Å². The van der Waals surface area contributed by atoms with Gasteiger partial charge in [0.05, 0.1) is 19.3 Å². The minimum atomic E-state index is -0.765. The molecule has 142 valence electrons. The smallest absolute Gasteiger partial charge is 0.317 e. The van der Waals surface area contributed by atoms with Crippen molar-refractivity contribution in [1.82, 2.24) is 10.2 Å². The molecule has 1 aliphatic heterocycles. The second kappa shape index (κ2) is 8.96. The highest BCUT2D eigenvalue weighted by atomic mass is 16.5. The molecule has 1 amide bonds. The molecule has 0 aromatic heterocycles. The van der Waals surface area contributed by atoms with Gasteiger partial charge >= 0.3 is 5.97 Å². The molecular weight excluding hydrogens is 324 g/mol. The number of hydrogen-bond donors (Lipinski definition) is 2. The third-order valence-corrected chi connectivity index (χ3v) is 5.37. The van der Waals surface area contributed by atoms with Gasteiger partial charge in [-0.15, -0.1) is 0 Å². The first-order chi connectivity index (χ1) is 12.1. The van der Waals surface area contributed by atoms with Gasteiger partial charge in [-0.3, -0.25) is 14.5 Å². The largest absolute Gasteiger partial charge is 0.480 e. The molecule has 3 fully saturated rings. The first-order valence-electron chi connectivity index (χ1n) is 9.54. The molecule has 0 aromatic carbocycles. The summed E-state index contributed by atoms with van der Waals surface area (Å²) in [7, 11) is 0. The van der Waals surface area contributed by atoms with Crippen LogP contribution < -0.4 is 5.32 Å². The van der Waals surface area contributed by atoms with Crippen LogP contribution in [0.3, 0.4) is 0 Å². The lowest BCUT2D eigenvalue weighted by molar-refractivity contribution is -0.140. The molecule has 25 heavy (non-hydrogen) atoms. The fourth-order valence-corrected chi connectivity index (χ4v) is 3.61. The molecule has 0 atom stereocenters. The number of carboxylic acids is 1. The van der Waals surface area contributed by atoms with E-state index in [0.29, 0.717) is 25.0 Å². The van der Waals surface area contributed by atoms with E-state index in [1.807, 2.05) is 0 Å². The van der Waals surface area contributed by atoms with E-state index in [0.717, 1.165) is 45.4 Å². The number of aliphatic carboxylic acids is 1. The zero-order chi connectivity index (χ0) is 17.6. The molecule has 2 saturated carbocycles. The van der Waals surface area contributed by atoms with Gasteiger partial charge in [0, 0.05) is 38.3 Å². The van der Waals surface area contributed by atoms with Gasteiger partial charge < -0.3 is 19.9 Å². The minimum Gasteiger partial charge on any atom is -0.480 e. The number of rotatable bonds is 10. The zero-order valence-electron chi connectivity index (χ0n) is 14.8. The van der Waals surface area contributed by atoms with E-state index < -0.39 is 5.97 Å². The Labute approximate surface area is 149 Å². The Morgan fingerprint density at radius 2 is 1.88 bits per heavy atom. The van der Waals surface area contributed by atoms with E-state index in [1.54, 1.807) is 0 Å². The summed E-state index contributed by atoms with van der Waals surface area (Å²) in [4.78, 5) is 25.1. The third kappa shape index (κ3) is 6.24. The summed E-state index contributed by atoms with van der Waals surface area (Å²) in [5.74, 6) is -0.0591. The molecule has 2 aliphatic carbocycles. The van der Waals surface area contributed by atoms with Gasteiger partial charge in [-0.1, -0.05) is 0 Å². The maximum Gasteiger partial charge on any atom is 0.317 e. The van der Waals surface area contributed by atoms with Crippen molar-refractivity contribution < 1.29 is 24.2 Å². The lowest BCUT2D eigenvalue weighted by Gasteiger charge is -2.42. The van der Waals surface area contributed by atoms with Crippen molar-refractivity contribution >= 4 is 11.9 Å². The molecule has 2 N–H and O–H groups in total. The molecule has 0 bridgehead atoms.